The van der Waals surface area contributed by atoms with Crippen molar-refractivity contribution in [2.24, 2.45) is 5.41 Å². The number of amides is 2. The van der Waals surface area contributed by atoms with E-state index in [0.29, 0.717) is 24.2 Å². The van der Waals surface area contributed by atoms with Crippen molar-refractivity contribution >= 4 is 17.5 Å². The van der Waals surface area contributed by atoms with Crippen molar-refractivity contribution in [3.8, 4) is 0 Å². The molecule has 0 bridgehead atoms. The third-order valence-corrected chi connectivity index (χ3v) is 6.67. The lowest BCUT2D eigenvalue weighted by Gasteiger charge is -2.43. The highest BCUT2D eigenvalue weighted by Gasteiger charge is 2.36. The smallest absolute Gasteiger partial charge is 0.249 e. The maximum Gasteiger partial charge on any atom is 0.249 e. The van der Waals surface area contributed by atoms with Crippen molar-refractivity contribution in [1.29, 1.82) is 0 Å². The Morgan fingerprint density at radius 3 is 2.27 bits per heavy atom. The molecule has 1 spiro atoms. The summed E-state index contributed by atoms with van der Waals surface area (Å²) in [5.41, 5.74) is 2.98. The third-order valence-electron chi connectivity index (χ3n) is 6.67. The van der Waals surface area contributed by atoms with E-state index in [2.05, 4.69) is 40.2 Å². The number of hydrogen-bond acceptors (Lipinski definition) is 4. The lowest BCUT2D eigenvalue weighted by Crippen LogP contribution is -2.47. The summed E-state index contributed by atoms with van der Waals surface area (Å²) in [6.07, 6.45) is 8.95. The summed E-state index contributed by atoms with van der Waals surface area (Å²) >= 11 is 0. The van der Waals surface area contributed by atoms with Gasteiger partial charge in [0.25, 0.3) is 0 Å². The number of anilines is 1. The SMILES string of the molecule is O=C1CCC(Nc2ccc(C3CCC4(CCNCC4)CC3)cc2)C(=O)N1. The third kappa shape index (κ3) is 3.78. The fourth-order valence-corrected chi connectivity index (χ4v) is 4.90. The quantitative estimate of drug-likeness (QED) is 0.729. The van der Waals surface area contributed by atoms with Gasteiger partial charge >= 0.3 is 0 Å². The molecule has 3 aliphatic rings. The van der Waals surface area contributed by atoms with E-state index < -0.39 is 0 Å². The van der Waals surface area contributed by atoms with Crippen LogP contribution in [0.2, 0.25) is 0 Å². The van der Waals surface area contributed by atoms with Crippen LogP contribution in [0.1, 0.15) is 62.8 Å². The molecular weight excluding hydrogens is 326 g/mol. The Balaban J connectivity index is 1.33. The topological polar surface area (TPSA) is 70.2 Å². The van der Waals surface area contributed by atoms with Crippen molar-refractivity contribution < 1.29 is 9.59 Å². The molecule has 2 aliphatic heterocycles. The molecule has 1 unspecified atom stereocenters. The minimum Gasteiger partial charge on any atom is -0.374 e. The predicted molar refractivity (Wildman–Crippen MR) is 102 cm³/mol. The van der Waals surface area contributed by atoms with Crippen LogP contribution in [0.3, 0.4) is 0 Å². The van der Waals surface area contributed by atoms with Crippen LogP contribution in [-0.2, 0) is 9.59 Å². The number of benzene rings is 1. The molecule has 0 radical (unpaired) electrons. The van der Waals surface area contributed by atoms with E-state index in [9.17, 15) is 9.59 Å². The molecule has 26 heavy (non-hydrogen) atoms. The Kier molecular flexibility index (Phi) is 4.98. The Morgan fingerprint density at radius 1 is 0.923 bits per heavy atom. The van der Waals surface area contributed by atoms with Crippen LogP contribution in [0.5, 0.6) is 0 Å². The largest absolute Gasteiger partial charge is 0.374 e. The Morgan fingerprint density at radius 2 is 1.62 bits per heavy atom. The zero-order valence-electron chi connectivity index (χ0n) is 15.4. The standard InChI is InChI=1S/C21H29N3O2/c25-19-6-5-18(20(26)24-19)23-17-3-1-15(2-4-17)16-7-9-21(10-8-16)11-13-22-14-12-21/h1-4,16,18,22-23H,5-14H2,(H,24,25,26). The molecule has 1 aromatic carbocycles. The molecule has 4 rings (SSSR count). The highest BCUT2D eigenvalue weighted by atomic mass is 16.2. The van der Waals surface area contributed by atoms with Gasteiger partial charge in [-0.1, -0.05) is 12.1 Å². The summed E-state index contributed by atoms with van der Waals surface area (Å²) in [6.45, 7) is 2.37. The molecule has 1 aliphatic carbocycles. The van der Waals surface area contributed by atoms with Crippen LogP contribution in [0.4, 0.5) is 5.69 Å². The van der Waals surface area contributed by atoms with Gasteiger partial charge in [0.2, 0.25) is 11.8 Å². The van der Waals surface area contributed by atoms with E-state index in [1.807, 2.05) is 0 Å². The van der Waals surface area contributed by atoms with Crippen molar-refractivity contribution in [3.63, 3.8) is 0 Å². The highest BCUT2D eigenvalue weighted by Crippen LogP contribution is 2.47. The molecule has 3 N–H and O–H groups in total. The lowest BCUT2D eigenvalue weighted by atomic mass is 9.65. The van der Waals surface area contributed by atoms with Gasteiger partial charge in [-0.25, -0.2) is 0 Å². The van der Waals surface area contributed by atoms with Crippen molar-refractivity contribution in [2.75, 3.05) is 18.4 Å². The molecule has 0 aromatic heterocycles. The summed E-state index contributed by atoms with van der Waals surface area (Å²) in [6, 6.07) is 8.26. The van der Waals surface area contributed by atoms with E-state index >= 15 is 0 Å². The van der Waals surface area contributed by atoms with Gasteiger partial charge in [-0.15, -0.1) is 0 Å². The summed E-state index contributed by atoms with van der Waals surface area (Å²) < 4.78 is 0. The van der Waals surface area contributed by atoms with E-state index in [0.717, 1.165) is 5.69 Å². The van der Waals surface area contributed by atoms with Crippen molar-refractivity contribution in [1.82, 2.24) is 10.6 Å². The molecule has 1 atom stereocenters. The van der Waals surface area contributed by atoms with Gasteiger partial charge in [0, 0.05) is 12.1 Å². The summed E-state index contributed by atoms with van der Waals surface area (Å²) in [5.74, 6) is 0.275. The number of nitrogens with one attached hydrogen (secondary N) is 3. The monoisotopic (exact) mass is 355 g/mol. The predicted octanol–water partition coefficient (Wildman–Crippen LogP) is 2.93. The fraction of sp³-hybridized carbons (Fsp3) is 0.619. The van der Waals surface area contributed by atoms with Gasteiger partial charge < -0.3 is 10.6 Å². The average molecular weight is 355 g/mol. The van der Waals surface area contributed by atoms with E-state index in [-0.39, 0.29) is 17.9 Å². The van der Waals surface area contributed by atoms with Gasteiger partial charge in [-0.3, -0.25) is 14.9 Å². The molecule has 5 nitrogen and oxygen atoms in total. The molecule has 2 amide bonds. The minimum absolute atomic E-state index is 0.174. The molecule has 1 aromatic rings. The molecule has 2 heterocycles. The second-order valence-electron chi connectivity index (χ2n) is 8.29. The number of imide groups is 1. The van der Waals surface area contributed by atoms with Gasteiger partial charge in [-0.05, 0) is 87.1 Å². The van der Waals surface area contributed by atoms with E-state index in [1.54, 1.807) is 0 Å². The molecular formula is C21H29N3O2. The average Bonchev–Trinajstić information content (AvgIpc) is 2.66. The number of carbonyl (C=O) groups is 2. The zero-order valence-corrected chi connectivity index (χ0v) is 15.4. The summed E-state index contributed by atoms with van der Waals surface area (Å²) in [7, 11) is 0. The Bertz CT molecular complexity index is 654. The second-order valence-corrected chi connectivity index (χ2v) is 8.29. The first-order valence-corrected chi connectivity index (χ1v) is 10.0. The first-order valence-electron chi connectivity index (χ1n) is 10.0. The number of carbonyl (C=O) groups excluding carboxylic acids is 2. The second kappa shape index (κ2) is 7.39. The van der Waals surface area contributed by atoms with Gasteiger partial charge in [0.05, 0.1) is 0 Å². The van der Waals surface area contributed by atoms with Crippen molar-refractivity contribution in [2.45, 2.75) is 63.3 Å². The van der Waals surface area contributed by atoms with Gasteiger partial charge in [0.1, 0.15) is 6.04 Å². The number of piperidine rings is 2. The van der Waals surface area contributed by atoms with E-state index in [4.69, 9.17) is 0 Å². The maximum atomic E-state index is 11.9. The van der Waals surface area contributed by atoms with Crippen LogP contribution in [0.15, 0.2) is 24.3 Å². The summed E-state index contributed by atoms with van der Waals surface area (Å²) in [4.78, 5) is 23.1. The lowest BCUT2D eigenvalue weighted by molar-refractivity contribution is -0.133. The maximum absolute atomic E-state index is 11.9. The molecule has 1 saturated carbocycles. The molecule has 2 saturated heterocycles. The molecule has 5 heteroatoms. The normalized spacial score (nSPS) is 26.5. The van der Waals surface area contributed by atoms with Crippen LogP contribution in [-0.4, -0.2) is 30.9 Å². The fourth-order valence-electron chi connectivity index (χ4n) is 4.90. The van der Waals surface area contributed by atoms with Crippen LogP contribution in [0, 0.1) is 5.41 Å². The van der Waals surface area contributed by atoms with Crippen LogP contribution < -0.4 is 16.0 Å². The molecule has 3 fully saturated rings. The zero-order chi connectivity index (χ0) is 18.0. The van der Waals surface area contributed by atoms with Crippen molar-refractivity contribution in [3.05, 3.63) is 29.8 Å². The van der Waals surface area contributed by atoms with E-state index in [1.165, 1.54) is 57.2 Å². The summed E-state index contributed by atoms with van der Waals surface area (Å²) in [5, 5.41) is 9.14. The van der Waals surface area contributed by atoms with Crippen LogP contribution in [0.25, 0.3) is 0 Å². The first-order chi connectivity index (χ1) is 12.6. The Hall–Kier alpha value is -1.88. The number of hydrogen-bond donors (Lipinski definition) is 3. The van der Waals surface area contributed by atoms with Gasteiger partial charge in [-0.2, -0.15) is 0 Å². The van der Waals surface area contributed by atoms with Crippen LogP contribution >= 0.6 is 0 Å². The minimum atomic E-state index is -0.312. The number of rotatable bonds is 3. The Labute approximate surface area is 155 Å². The highest BCUT2D eigenvalue weighted by molar-refractivity contribution is 6.01. The van der Waals surface area contributed by atoms with Gasteiger partial charge in [0.15, 0.2) is 0 Å². The first kappa shape index (κ1) is 17.5. The molecule has 140 valence electrons.